The molecule has 0 radical (unpaired) electrons. The van der Waals surface area contributed by atoms with Gasteiger partial charge in [0.1, 0.15) is 17.9 Å². The highest BCUT2D eigenvalue weighted by molar-refractivity contribution is 5.90. The molecule has 4 rings (SSSR count). The molecule has 2 aromatic carbocycles. The second kappa shape index (κ2) is 9.35. The van der Waals surface area contributed by atoms with E-state index in [1.807, 2.05) is 50.2 Å². The SMILES string of the molecule is COc1ccc(-c2noc(-c3c(C)cc(C)n(CC(=O)Nc4ccc(C)c(C)c4)c3=O)n2)cc1. The third-order valence-corrected chi connectivity index (χ3v) is 5.78. The van der Waals surface area contributed by atoms with Gasteiger partial charge in [-0.05, 0) is 86.8 Å². The van der Waals surface area contributed by atoms with E-state index in [0.29, 0.717) is 28.5 Å². The molecule has 0 aliphatic rings. The molecule has 1 N–H and O–H groups in total. The van der Waals surface area contributed by atoms with Crippen LogP contribution in [0.3, 0.4) is 0 Å². The minimum atomic E-state index is -0.363. The lowest BCUT2D eigenvalue weighted by Crippen LogP contribution is -2.30. The normalized spacial score (nSPS) is 10.9. The highest BCUT2D eigenvalue weighted by Gasteiger charge is 2.20. The van der Waals surface area contributed by atoms with E-state index in [4.69, 9.17) is 9.26 Å². The van der Waals surface area contributed by atoms with Crippen LogP contribution in [0.5, 0.6) is 5.75 Å². The van der Waals surface area contributed by atoms with E-state index in [1.165, 1.54) is 4.57 Å². The fourth-order valence-corrected chi connectivity index (χ4v) is 3.73. The average Bonchev–Trinajstić information content (AvgIpc) is 3.28. The van der Waals surface area contributed by atoms with E-state index in [1.54, 1.807) is 33.1 Å². The molecule has 34 heavy (non-hydrogen) atoms. The van der Waals surface area contributed by atoms with Gasteiger partial charge >= 0.3 is 0 Å². The van der Waals surface area contributed by atoms with Gasteiger partial charge in [-0.3, -0.25) is 9.59 Å². The summed E-state index contributed by atoms with van der Waals surface area (Å²) in [5.74, 6) is 0.879. The summed E-state index contributed by atoms with van der Waals surface area (Å²) in [5.41, 5.74) is 4.90. The Morgan fingerprint density at radius 1 is 1.00 bits per heavy atom. The number of nitrogens with zero attached hydrogens (tertiary/aromatic N) is 3. The Bertz CT molecular complexity index is 1420. The third-order valence-electron chi connectivity index (χ3n) is 5.78. The number of nitrogens with one attached hydrogen (secondary N) is 1. The summed E-state index contributed by atoms with van der Waals surface area (Å²) in [6, 6.07) is 14.7. The van der Waals surface area contributed by atoms with Gasteiger partial charge in [0.05, 0.1) is 7.11 Å². The number of aromatic nitrogens is 3. The maximum Gasteiger partial charge on any atom is 0.264 e. The molecule has 1 amide bonds. The quantitative estimate of drug-likeness (QED) is 0.458. The summed E-state index contributed by atoms with van der Waals surface area (Å²) >= 11 is 0. The van der Waals surface area contributed by atoms with Gasteiger partial charge in [-0.2, -0.15) is 4.98 Å². The number of anilines is 1. The second-order valence-corrected chi connectivity index (χ2v) is 8.23. The first-order valence-corrected chi connectivity index (χ1v) is 10.8. The number of carbonyl (C=O) groups excluding carboxylic acids is 1. The van der Waals surface area contributed by atoms with Gasteiger partial charge in [0, 0.05) is 16.9 Å². The molecule has 4 aromatic rings. The maximum atomic E-state index is 13.4. The molecule has 2 heterocycles. The van der Waals surface area contributed by atoms with Crippen LogP contribution in [0.1, 0.15) is 22.4 Å². The summed E-state index contributed by atoms with van der Waals surface area (Å²) < 4.78 is 12.0. The van der Waals surface area contributed by atoms with Crippen molar-refractivity contribution in [2.75, 3.05) is 12.4 Å². The van der Waals surface area contributed by atoms with Crippen molar-refractivity contribution < 1.29 is 14.1 Å². The molecule has 0 saturated heterocycles. The molecular formula is C26H26N4O4. The molecule has 0 bridgehead atoms. The molecule has 0 saturated carbocycles. The van der Waals surface area contributed by atoms with Crippen molar-refractivity contribution in [3.05, 3.63) is 81.3 Å². The van der Waals surface area contributed by atoms with Gasteiger partial charge in [0.15, 0.2) is 0 Å². The summed E-state index contributed by atoms with van der Waals surface area (Å²) in [6.07, 6.45) is 0. The number of rotatable bonds is 6. The zero-order valence-electron chi connectivity index (χ0n) is 19.8. The van der Waals surface area contributed by atoms with Crippen LogP contribution in [0.15, 0.2) is 57.8 Å². The van der Waals surface area contributed by atoms with Crippen LogP contribution < -0.4 is 15.6 Å². The Morgan fingerprint density at radius 2 is 1.74 bits per heavy atom. The first-order valence-electron chi connectivity index (χ1n) is 10.8. The third kappa shape index (κ3) is 4.61. The van der Waals surface area contributed by atoms with Gasteiger partial charge < -0.3 is 19.1 Å². The molecular weight excluding hydrogens is 432 g/mol. The van der Waals surface area contributed by atoms with E-state index >= 15 is 0 Å². The van der Waals surface area contributed by atoms with Crippen LogP contribution in [0, 0.1) is 27.7 Å². The topological polar surface area (TPSA) is 99.3 Å². The molecule has 0 unspecified atom stereocenters. The number of ether oxygens (including phenoxy) is 1. The smallest absolute Gasteiger partial charge is 0.264 e. The Labute approximate surface area is 197 Å². The molecule has 0 aliphatic carbocycles. The van der Waals surface area contributed by atoms with Gasteiger partial charge in [-0.15, -0.1) is 0 Å². The van der Waals surface area contributed by atoms with E-state index in [9.17, 15) is 9.59 Å². The number of hydrogen-bond acceptors (Lipinski definition) is 6. The van der Waals surface area contributed by atoms with E-state index in [0.717, 1.165) is 16.7 Å². The van der Waals surface area contributed by atoms with Gasteiger partial charge in [0.25, 0.3) is 11.4 Å². The minimum absolute atomic E-state index is 0.108. The Kier molecular flexibility index (Phi) is 6.32. The van der Waals surface area contributed by atoms with E-state index in [2.05, 4.69) is 15.5 Å². The van der Waals surface area contributed by atoms with Crippen molar-refractivity contribution in [1.82, 2.24) is 14.7 Å². The van der Waals surface area contributed by atoms with E-state index in [-0.39, 0.29) is 29.5 Å². The number of aryl methyl sites for hydroxylation is 4. The maximum absolute atomic E-state index is 13.4. The van der Waals surface area contributed by atoms with Crippen molar-refractivity contribution in [3.8, 4) is 28.6 Å². The first-order chi connectivity index (χ1) is 16.3. The minimum Gasteiger partial charge on any atom is -0.497 e. The lowest BCUT2D eigenvalue weighted by molar-refractivity contribution is -0.116. The molecule has 174 valence electrons. The molecule has 2 aromatic heterocycles. The molecule has 0 atom stereocenters. The van der Waals surface area contributed by atoms with Crippen molar-refractivity contribution in [3.63, 3.8) is 0 Å². The summed E-state index contributed by atoms with van der Waals surface area (Å²) in [5, 5.41) is 6.89. The average molecular weight is 459 g/mol. The lowest BCUT2D eigenvalue weighted by Gasteiger charge is -2.13. The molecule has 0 fully saturated rings. The fraction of sp³-hybridized carbons (Fsp3) is 0.231. The fourth-order valence-electron chi connectivity index (χ4n) is 3.73. The number of methoxy groups -OCH3 is 1. The van der Waals surface area contributed by atoms with Crippen LogP contribution in [0.4, 0.5) is 5.69 Å². The summed E-state index contributed by atoms with van der Waals surface area (Å²) in [7, 11) is 1.59. The van der Waals surface area contributed by atoms with Crippen LogP contribution in [-0.4, -0.2) is 27.7 Å². The standard InChI is InChI=1S/C26H26N4O4/c1-15-6-9-20(13-16(15)2)27-22(31)14-30-18(4)12-17(3)23(26(30)32)25-28-24(29-34-25)19-7-10-21(33-5)11-8-19/h6-13H,14H2,1-5H3,(H,27,31). The van der Waals surface area contributed by atoms with Crippen LogP contribution in [0.2, 0.25) is 0 Å². The number of hydrogen-bond donors (Lipinski definition) is 1. The van der Waals surface area contributed by atoms with Gasteiger partial charge in [-0.25, -0.2) is 0 Å². The summed E-state index contributed by atoms with van der Waals surface area (Å²) in [6.45, 7) is 7.45. The van der Waals surface area contributed by atoms with E-state index < -0.39 is 0 Å². The Hall–Kier alpha value is -4.20. The highest BCUT2D eigenvalue weighted by atomic mass is 16.5. The zero-order valence-corrected chi connectivity index (χ0v) is 19.8. The number of carbonyl (C=O) groups is 1. The molecule has 0 aliphatic heterocycles. The number of amides is 1. The highest BCUT2D eigenvalue weighted by Crippen LogP contribution is 2.24. The predicted octanol–water partition coefficient (Wildman–Crippen LogP) is 4.45. The monoisotopic (exact) mass is 458 g/mol. The number of benzene rings is 2. The van der Waals surface area contributed by atoms with Crippen LogP contribution >= 0.6 is 0 Å². The molecule has 0 spiro atoms. The summed E-state index contributed by atoms with van der Waals surface area (Å²) in [4.78, 5) is 30.5. The zero-order chi connectivity index (χ0) is 24.4. The number of pyridine rings is 1. The predicted molar refractivity (Wildman–Crippen MR) is 130 cm³/mol. The van der Waals surface area contributed by atoms with Gasteiger partial charge in [0.2, 0.25) is 11.7 Å². The van der Waals surface area contributed by atoms with Gasteiger partial charge in [-0.1, -0.05) is 11.2 Å². The van der Waals surface area contributed by atoms with Crippen LogP contribution in [0.25, 0.3) is 22.8 Å². The van der Waals surface area contributed by atoms with Crippen molar-refractivity contribution in [1.29, 1.82) is 0 Å². The van der Waals surface area contributed by atoms with Crippen molar-refractivity contribution in [2.45, 2.75) is 34.2 Å². The largest absolute Gasteiger partial charge is 0.497 e. The van der Waals surface area contributed by atoms with Crippen LogP contribution in [-0.2, 0) is 11.3 Å². The van der Waals surface area contributed by atoms with Crippen molar-refractivity contribution >= 4 is 11.6 Å². The second-order valence-electron chi connectivity index (χ2n) is 8.23. The molecule has 8 nitrogen and oxygen atoms in total. The Morgan fingerprint density at radius 3 is 2.41 bits per heavy atom. The first kappa shape index (κ1) is 23.0. The lowest BCUT2D eigenvalue weighted by atomic mass is 10.1. The molecule has 8 heteroatoms. The Balaban J connectivity index is 1.62. The van der Waals surface area contributed by atoms with Crippen molar-refractivity contribution in [2.24, 2.45) is 0 Å².